The van der Waals surface area contributed by atoms with Crippen molar-refractivity contribution in [3.05, 3.63) is 36.5 Å². The molecule has 0 bridgehead atoms. The van der Waals surface area contributed by atoms with Crippen LogP contribution in [0, 0.1) is 0 Å². The number of nitrogens with zero attached hydrogens (tertiary/aromatic N) is 2. The summed E-state index contributed by atoms with van der Waals surface area (Å²) < 4.78 is 5.42. The number of carbonyl (C=O) groups excluding carboxylic acids is 1. The van der Waals surface area contributed by atoms with Crippen LogP contribution in [0.15, 0.2) is 36.5 Å². The van der Waals surface area contributed by atoms with E-state index in [1.165, 1.54) is 0 Å². The fraction of sp³-hybridized carbons (Fsp3) is 0.444. The number of ether oxygens (including phenoxy) is 1. The van der Waals surface area contributed by atoms with Crippen LogP contribution < -0.4 is 5.32 Å². The van der Waals surface area contributed by atoms with Gasteiger partial charge in [-0.05, 0) is 39.3 Å². The molecule has 1 fully saturated rings. The molecule has 1 amide bonds. The van der Waals surface area contributed by atoms with Crippen LogP contribution in [0.4, 0.5) is 10.5 Å². The van der Waals surface area contributed by atoms with Crippen LogP contribution in [0.3, 0.4) is 0 Å². The largest absolute Gasteiger partial charge is 0.444 e. The number of amides is 1. The molecule has 3 rings (SSSR count). The van der Waals surface area contributed by atoms with Gasteiger partial charge < -0.3 is 15.0 Å². The van der Waals surface area contributed by atoms with Gasteiger partial charge in [0.1, 0.15) is 5.60 Å². The lowest BCUT2D eigenvalue weighted by Gasteiger charge is -2.24. The van der Waals surface area contributed by atoms with Crippen molar-refractivity contribution in [3.8, 4) is 0 Å². The zero-order valence-corrected chi connectivity index (χ0v) is 13.9. The molecular formula is C18H23N3O2. The van der Waals surface area contributed by atoms with Gasteiger partial charge in [0, 0.05) is 24.5 Å². The number of pyridine rings is 1. The van der Waals surface area contributed by atoms with Crippen molar-refractivity contribution in [1.29, 1.82) is 0 Å². The fourth-order valence-corrected chi connectivity index (χ4v) is 2.76. The van der Waals surface area contributed by atoms with E-state index in [-0.39, 0.29) is 12.1 Å². The number of fused-ring (bicyclic) bond motifs is 1. The number of carbonyl (C=O) groups is 1. The highest BCUT2D eigenvalue weighted by Gasteiger charge is 2.29. The summed E-state index contributed by atoms with van der Waals surface area (Å²) in [5.41, 5.74) is 1.52. The first-order valence-corrected chi connectivity index (χ1v) is 8.00. The Hall–Kier alpha value is -2.30. The molecule has 2 aromatic rings. The molecule has 5 heteroatoms. The lowest BCUT2D eigenvalue weighted by molar-refractivity contribution is 0.0293. The summed E-state index contributed by atoms with van der Waals surface area (Å²) in [4.78, 5) is 18.3. The standard InChI is InChI=1S/C18H23N3O2/c1-18(2,3)23-17(22)21-9-8-14(12-21)20-15-10-13-6-4-5-7-16(13)19-11-15/h4-7,10-11,14,20H,8-9,12H2,1-3H3/t14-/m0/s1. The molecule has 2 heterocycles. The van der Waals surface area contributed by atoms with Crippen LogP contribution in [0.2, 0.25) is 0 Å². The average Bonchev–Trinajstić information content (AvgIpc) is 2.94. The third kappa shape index (κ3) is 3.92. The first kappa shape index (κ1) is 15.6. The summed E-state index contributed by atoms with van der Waals surface area (Å²) in [6, 6.07) is 10.4. The second-order valence-corrected chi connectivity index (χ2v) is 6.97. The Kier molecular flexibility index (Phi) is 4.11. The number of hydrogen-bond donors (Lipinski definition) is 1. The van der Waals surface area contributed by atoms with Gasteiger partial charge in [0.2, 0.25) is 0 Å². The molecule has 122 valence electrons. The second kappa shape index (κ2) is 6.07. The van der Waals surface area contributed by atoms with Crippen molar-refractivity contribution in [2.45, 2.75) is 38.8 Å². The van der Waals surface area contributed by atoms with Gasteiger partial charge in [-0.15, -0.1) is 0 Å². The zero-order chi connectivity index (χ0) is 16.4. The molecule has 1 saturated heterocycles. The molecule has 0 spiro atoms. The molecule has 23 heavy (non-hydrogen) atoms. The van der Waals surface area contributed by atoms with Gasteiger partial charge in [0.25, 0.3) is 0 Å². The normalized spacial score (nSPS) is 18.2. The van der Waals surface area contributed by atoms with Crippen molar-refractivity contribution in [2.24, 2.45) is 0 Å². The number of likely N-dealkylation sites (tertiary alicyclic amines) is 1. The lowest BCUT2D eigenvalue weighted by Crippen LogP contribution is -2.36. The number of aromatic nitrogens is 1. The Bertz CT molecular complexity index is 709. The predicted octanol–water partition coefficient (Wildman–Crippen LogP) is 3.66. The van der Waals surface area contributed by atoms with Crippen LogP contribution >= 0.6 is 0 Å². The van der Waals surface area contributed by atoms with E-state index in [4.69, 9.17) is 4.74 Å². The van der Waals surface area contributed by atoms with Gasteiger partial charge in [-0.2, -0.15) is 0 Å². The first-order valence-electron chi connectivity index (χ1n) is 8.00. The molecule has 1 aliphatic heterocycles. The molecule has 1 N–H and O–H groups in total. The molecule has 0 saturated carbocycles. The van der Waals surface area contributed by atoms with Crippen molar-refractivity contribution >= 4 is 22.7 Å². The number of nitrogens with one attached hydrogen (secondary N) is 1. The van der Waals surface area contributed by atoms with Crippen LogP contribution in [-0.4, -0.2) is 40.7 Å². The second-order valence-electron chi connectivity index (χ2n) is 6.97. The third-order valence-electron chi connectivity index (χ3n) is 3.80. The van der Waals surface area contributed by atoms with E-state index >= 15 is 0 Å². The number of para-hydroxylation sites is 1. The van der Waals surface area contributed by atoms with E-state index in [2.05, 4.69) is 22.4 Å². The van der Waals surface area contributed by atoms with Gasteiger partial charge in [0.05, 0.1) is 17.4 Å². The summed E-state index contributed by atoms with van der Waals surface area (Å²) in [5.74, 6) is 0. The number of hydrogen-bond acceptors (Lipinski definition) is 4. The summed E-state index contributed by atoms with van der Waals surface area (Å²) >= 11 is 0. The van der Waals surface area contributed by atoms with Crippen molar-refractivity contribution in [2.75, 3.05) is 18.4 Å². The Morgan fingerprint density at radius 3 is 2.91 bits per heavy atom. The third-order valence-corrected chi connectivity index (χ3v) is 3.80. The predicted molar refractivity (Wildman–Crippen MR) is 91.6 cm³/mol. The van der Waals surface area contributed by atoms with Gasteiger partial charge in [-0.25, -0.2) is 4.79 Å². The Balaban J connectivity index is 1.61. The molecule has 1 aliphatic rings. The highest BCUT2D eigenvalue weighted by atomic mass is 16.6. The molecule has 1 aromatic carbocycles. The summed E-state index contributed by atoms with van der Waals surface area (Å²) in [5, 5.41) is 4.58. The maximum absolute atomic E-state index is 12.1. The Morgan fingerprint density at radius 1 is 1.35 bits per heavy atom. The van der Waals surface area contributed by atoms with E-state index in [0.29, 0.717) is 13.1 Å². The maximum Gasteiger partial charge on any atom is 0.410 e. The average molecular weight is 313 g/mol. The summed E-state index contributed by atoms with van der Waals surface area (Å²) in [7, 11) is 0. The quantitative estimate of drug-likeness (QED) is 0.919. The SMILES string of the molecule is CC(C)(C)OC(=O)N1CC[C@H](Nc2cnc3ccccc3c2)C1. The van der Waals surface area contributed by atoms with Crippen LogP contribution in [0.1, 0.15) is 27.2 Å². The zero-order valence-electron chi connectivity index (χ0n) is 13.9. The first-order chi connectivity index (χ1) is 10.9. The van der Waals surface area contributed by atoms with Gasteiger partial charge in [-0.3, -0.25) is 4.98 Å². The number of rotatable bonds is 2. The molecule has 5 nitrogen and oxygen atoms in total. The summed E-state index contributed by atoms with van der Waals surface area (Å²) in [6.07, 6.45) is 2.52. The van der Waals surface area contributed by atoms with E-state index in [9.17, 15) is 4.79 Å². The Morgan fingerprint density at radius 2 is 2.13 bits per heavy atom. The number of benzene rings is 1. The van der Waals surface area contributed by atoms with Gasteiger partial charge in [-0.1, -0.05) is 18.2 Å². The van der Waals surface area contributed by atoms with Crippen molar-refractivity contribution in [1.82, 2.24) is 9.88 Å². The lowest BCUT2D eigenvalue weighted by atomic mass is 10.2. The molecule has 0 aliphatic carbocycles. The molecule has 1 atom stereocenters. The van der Waals surface area contributed by atoms with E-state index in [1.54, 1.807) is 4.90 Å². The van der Waals surface area contributed by atoms with Gasteiger partial charge in [0.15, 0.2) is 0 Å². The topological polar surface area (TPSA) is 54.5 Å². The number of anilines is 1. The Labute approximate surface area is 136 Å². The highest BCUT2D eigenvalue weighted by Crippen LogP contribution is 2.21. The van der Waals surface area contributed by atoms with Crippen molar-refractivity contribution < 1.29 is 9.53 Å². The molecule has 1 aromatic heterocycles. The van der Waals surface area contributed by atoms with Gasteiger partial charge >= 0.3 is 6.09 Å². The summed E-state index contributed by atoms with van der Waals surface area (Å²) in [6.45, 7) is 7.03. The molecular weight excluding hydrogens is 290 g/mol. The van der Waals surface area contributed by atoms with Crippen LogP contribution in [0.25, 0.3) is 10.9 Å². The minimum Gasteiger partial charge on any atom is -0.444 e. The smallest absolute Gasteiger partial charge is 0.410 e. The highest BCUT2D eigenvalue weighted by molar-refractivity contribution is 5.81. The maximum atomic E-state index is 12.1. The van der Waals surface area contributed by atoms with E-state index in [0.717, 1.165) is 23.0 Å². The van der Waals surface area contributed by atoms with Crippen molar-refractivity contribution in [3.63, 3.8) is 0 Å². The van der Waals surface area contributed by atoms with Crippen LogP contribution in [0.5, 0.6) is 0 Å². The van der Waals surface area contributed by atoms with Crippen LogP contribution in [-0.2, 0) is 4.74 Å². The van der Waals surface area contributed by atoms with E-state index in [1.807, 2.05) is 45.2 Å². The minimum absolute atomic E-state index is 0.227. The monoisotopic (exact) mass is 313 g/mol. The molecule has 0 radical (unpaired) electrons. The van der Waals surface area contributed by atoms with E-state index < -0.39 is 5.60 Å². The molecule has 0 unspecified atom stereocenters. The minimum atomic E-state index is -0.454. The fourth-order valence-electron chi connectivity index (χ4n) is 2.76.